The zero-order chi connectivity index (χ0) is 19.6. The molecule has 0 spiro atoms. The van der Waals surface area contributed by atoms with E-state index in [1.165, 1.54) is 11.8 Å². The number of pyridine rings is 1. The van der Waals surface area contributed by atoms with Crippen LogP contribution in [0, 0.1) is 0 Å². The Morgan fingerprint density at radius 3 is 2.56 bits per heavy atom. The Labute approximate surface area is 162 Å². The second-order valence-electron chi connectivity index (χ2n) is 5.21. The number of nitrogens with zero attached hydrogens (tertiary/aromatic N) is 1. The van der Waals surface area contributed by atoms with E-state index < -0.39 is 18.5 Å². The lowest BCUT2D eigenvalue weighted by atomic mass is 10.2. The van der Waals surface area contributed by atoms with Crippen molar-refractivity contribution in [1.29, 1.82) is 0 Å². The zero-order valence-corrected chi connectivity index (χ0v) is 16.3. The Morgan fingerprint density at radius 2 is 1.85 bits per heavy atom. The van der Waals surface area contributed by atoms with Gasteiger partial charge in [0.05, 0.1) is 18.8 Å². The van der Waals surface area contributed by atoms with Gasteiger partial charge in [0, 0.05) is 18.0 Å². The maximum absolute atomic E-state index is 12.1. The van der Waals surface area contributed by atoms with Gasteiger partial charge in [-0.25, -0.2) is 9.78 Å². The fraction of sp³-hybridized carbons (Fsp3) is 0.316. The van der Waals surface area contributed by atoms with Gasteiger partial charge in [-0.3, -0.25) is 4.79 Å². The highest BCUT2D eigenvalue weighted by molar-refractivity contribution is 7.98. The van der Waals surface area contributed by atoms with E-state index in [4.69, 9.17) is 14.2 Å². The number of carbonyl (C=O) groups excluding carboxylic acids is 2. The molecule has 0 radical (unpaired) electrons. The lowest BCUT2D eigenvalue weighted by Crippen LogP contribution is -2.21. The van der Waals surface area contributed by atoms with E-state index in [0.29, 0.717) is 41.0 Å². The summed E-state index contributed by atoms with van der Waals surface area (Å²) in [4.78, 5) is 28.3. The third-order valence-corrected chi connectivity index (χ3v) is 4.06. The minimum atomic E-state index is -0.593. The van der Waals surface area contributed by atoms with Gasteiger partial charge in [-0.05, 0) is 44.4 Å². The Bertz CT molecular complexity index is 797. The third-order valence-electron chi connectivity index (χ3n) is 3.35. The largest absolute Gasteiger partial charge is 0.490 e. The lowest BCUT2D eigenvalue weighted by molar-refractivity contribution is -0.119. The minimum absolute atomic E-state index is 0.331. The highest BCUT2D eigenvalue weighted by Gasteiger charge is 2.15. The maximum Gasteiger partial charge on any atom is 0.341 e. The van der Waals surface area contributed by atoms with Crippen LogP contribution in [0.15, 0.2) is 41.6 Å². The number of hydrogen-bond donors (Lipinski definition) is 1. The smallest absolute Gasteiger partial charge is 0.341 e. The highest BCUT2D eigenvalue weighted by Crippen LogP contribution is 2.30. The molecule has 0 aliphatic rings. The van der Waals surface area contributed by atoms with Gasteiger partial charge < -0.3 is 19.5 Å². The number of thioether (sulfide) groups is 1. The standard InChI is InChI=1S/C19H22N2O5S/c1-4-24-15-9-8-13(11-16(15)25-5-2)21-17(22)12-26-19(23)14-7-6-10-20-18(14)27-3/h6-11H,4-5,12H2,1-3H3,(H,21,22). The summed E-state index contributed by atoms with van der Waals surface area (Å²) in [6.45, 7) is 4.32. The first kappa shape index (κ1) is 20.6. The van der Waals surface area contributed by atoms with Crippen molar-refractivity contribution in [2.24, 2.45) is 0 Å². The van der Waals surface area contributed by atoms with Crippen molar-refractivity contribution in [2.45, 2.75) is 18.9 Å². The van der Waals surface area contributed by atoms with Crippen molar-refractivity contribution in [3.05, 3.63) is 42.1 Å². The van der Waals surface area contributed by atoms with Gasteiger partial charge in [-0.1, -0.05) is 0 Å². The first-order valence-corrected chi connectivity index (χ1v) is 9.67. The van der Waals surface area contributed by atoms with Crippen molar-refractivity contribution < 1.29 is 23.8 Å². The number of hydrogen-bond acceptors (Lipinski definition) is 7. The molecule has 7 nitrogen and oxygen atoms in total. The van der Waals surface area contributed by atoms with Crippen LogP contribution in [0.2, 0.25) is 0 Å². The Hall–Kier alpha value is -2.74. The first-order valence-electron chi connectivity index (χ1n) is 8.44. The second kappa shape index (κ2) is 10.4. The number of anilines is 1. The van der Waals surface area contributed by atoms with Crippen LogP contribution >= 0.6 is 11.8 Å². The molecule has 0 atom stereocenters. The van der Waals surface area contributed by atoms with E-state index in [0.717, 1.165) is 0 Å². The van der Waals surface area contributed by atoms with Crippen molar-refractivity contribution in [1.82, 2.24) is 4.98 Å². The van der Waals surface area contributed by atoms with Gasteiger partial charge in [0.1, 0.15) is 5.03 Å². The molecule has 1 aromatic carbocycles. The molecule has 0 aliphatic heterocycles. The number of amides is 1. The van der Waals surface area contributed by atoms with E-state index in [2.05, 4.69) is 10.3 Å². The molecule has 0 saturated heterocycles. The summed E-state index contributed by atoms with van der Waals surface area (Å²) in [5, 5.41) is 3.22. The number of carbonyl (C=O) groups is 2. The highest BCUT2D eigenvalue weighted by atomic mass is 32.2. The van der Waals surface area contributed by atoms with E-state index in [-0.39, 0.29) is 0 Å². The van der Waals surface area contributed by atoms with Crippen LogP contribution < -0.4 is 14.8 Å². The molecule has 0 bridgehead atoms. The Morgan fingerprint density at radius 1 is 1.11 bits per heavy atom. The molecular weight excluding hydrogens is 368 g/mol. The van der Waals surface area contributed by atoms with Crippen LogP contribution in [0.1, 0.15) is 24.2 Å². The van der Waals surface area contributed by atoms with Crippen molar-refractivity contribution in [3.63, 3.8) is 0 Å². The molecule has 1 heterocycles. The number of benzene rings is 1. The molecule has 2 rings (SSSR count). The molecule has 8 heteroatoms. The number of aromatic nitrogens is 1. The SMILES string of the molecule is CCOc1ccc(NC(=O)COC(=O)c2cccnc2SC)cc1OCC. The predicted molar refractivity (Wildman–Crippen MR) is 104 cm³/mol. The zero-order valence-electron chi connectivity index (χ0n) is 15.5. The summed E-state index contributed by atoms with van der Waals surface area (Å²) in [5.74, 6) is 0.0907. The van der Waals surface area contributed by atoms with Crippen LogP contribution in [0.4, 0.5) is 5.69 Å². The van der Waals surface area contributed by atoms with Gasteiger partial charge >= 0.3 is 5.97 Å². The molecular formula is C19H22N2O5S. The van der Waals surface area contributed by atoms with E-state index in [1.807, 2.05) is 20.1 Å². The third kappa shape index (κ3) is 5.89. The van der Waals surface area contributed by atoms with Gasteiger partial charge in [-0.15, -0.1) is 11.8 Å². The molecule has 1 N–H and O–H groups in total. The number of esters is 1. The summed E-state index contributed by atoms with van der Waals surface area (Å²) in [7, 11) is 0. The monoisotopic (exact) mass is 390 g/mol. The maximum atomic E-state index is 12.1. The molecule has 2 aromatic rings. The average Bonchev–Trinajstić information content (AvgIpc) is 2.68. The molecule has 1 amide bonds. The van der Waals surface area contributed by atoms with Crippen LogP contribution in [-0.4, -0.2) is 42.9 Å². The van der Waals surface area contributed by atoms with Gasteiger partial charge in [-0.2, -0.15) is 0 Å². The Kier molecular flexibility index (Phi) is 7.94. The van der Waals surface area contributed by atoms with Crippen molar-refractivity contribution >= 4 is 29.3 Å². The lowest BCUT2D eigenvalue weighted by Gasteiger charge is -2.13. The summed E-state index contributed by atoms with van der Waals surface area (Å²) >= 11 is 1.33. The summed E-state index contributed by atoms with van der Waals surface area (Å²) in [6, 6.07) is 8.34. The molecule has 1 aromatic heterocycles. The van der Waals surface area contributed by atoms with Crippen LogP contribution in [0.25, 0.3) is 0 Å². The fourth-order valence-electron chi connectivity index (χ4n) is 2.24. The molecule has 0 aliphatic carbocycles. The summed E-state index contributed by atoms with van der Waals surface area (Å²) in [5.41, 5.74) is 0.853. The molecule has 0 unspecified atom stereocenters. The average molecular weight is 390 g/mol. The Balaban J connectivity index is 1.97. The van der Waals surface area contributed by atoms with Gasteiger partial charge in [0.25, 0.3) is 5.91 Å². The quantitative estimate of drug-likeness (QED) is 0.519. The van der Waals surface area contributed by atoms with Gasteiger partial charge in [0.2, 0.25) is 0 Å². The van der Waals surface area contributed by atoms with E-state index in [9.17, 15) is 9.59 Å². The van der Waals surface area contributed by atoms with E-state index >= 15 is 0 Å². The van der Waals surface area contributed by atoms with Gasteiger partial charge in [0.15, 0.2) is 18.1 Å². The topological polar surface area (TPSA) is 86.8 Å². The molecule has 27 heavy (non-hydrogen) atoms. The number of nitrogens with one attached hydrogen (secondary N) is 1. The molecule has 144 valence electrons. The molecule has 0 saturated carbocycles. The van der Waals surface area contributed by atoms with Crippen LogP contribution in [0.5, 0.6) is 11.5 Å². The normalized spacial score (nSPS) is 10.2. The number of ether oxygens (including phenoxy) is 3. The van der Waals surface area contributed by atoms with Crippen molar-refractivity contribution in [2.75, 3.05) is 31.4 Å². The van der Waals surface area contributed by atoms with Crippen molar-refractivity contribution in [3.8, 4) is 11.5 Å². The summed E-state index contributed by atoms with van der Waals surface area (Å²) < 4.78 is 16.1. The van der Waals surface area contributed by atoms with Crippen LogP contribution in [0.3, 0.4) is 0 Å². The second-order valence-corrected chi connectivity index (χ2v) is 6.01. The predicted octanol–water partition coefficient (Wildman–Crippen LogP) is 3.40. The summed E-state index contributed by atoms with van der Waals surface area (Å²) in [6.07, 6.45) is 3.41. The minimum Gasteiger partial charge on any atom is -0.490 e. The van der Waals surface area contributed by atoms with Crippen LogP contribution in [-0.2, 0) is 9.53 Å². The molecule has 0 fully saturated rings. The fourth-order valence-corrected chi connectivity index (χ4v) is 2.78. The first-order chi connectivity index (χ1) is 13.1. The van der Waals surface area contributed by atoms with E-state index in [1.54, 1.807) is 36.5 Å². The number of rotatable bonds is 9.